The Hall–Kier alpha value is -2.56. The Morgan fingerprint density at radius 1 is 1.16 bits per heavy atom. The predicted octanol–water partition coefficient (Wildman–Crippen LogP) is 2.17. The molecule has 2 rings (SSSR count). The minimum Gasteiger partial charge on any atom is -0.399 e. The number of hydrogen-bond donors (Lipinski definition) is 3. The lowest BCUT2D eigenvalue weighted by atomic mass is 10.1. The zero-order chi connectivity index (χ0) is 13.8. The average molecular weight is 259 g/mol. The Morgan fingerprint density at radius 2 is 1.89 bits per heavy atom. The molecule has 0 saturated carbocycles. The lowest BCUT2D eigenvalue weighted by molar-refractivity contribution is -0.115. The fraction of sp³-hybridized carbons (Fsp3) is 0.0714. The van der Waals surface area contributed by atoms with E-state index in [1.807, 2.05) is 0 Å². The molecule has 2 aromatic rings. The van der Waals surface area contributed by atoms with Crippen molar-refractivity contribution in [1.29, 1.82) is 0 Å². The third kappa shape index (κ3) is 3.22. The van der Waals surface area contributed by atoms with Crippen LogP contribution >= 0.6 is 0 Å². The van der Waals surface area contributed by atoms with Gasteiger partial charge in [0.25, 0.3) is 0 Å². The van der Waals surface area contributed by atoms with Crippen LogP contribution in [-0.4, -0.2) is 5.91 Å². The summed E-state index contributed by atoms with van der Waals surface area (Å²) in [6, 6.07) is 10.9. The van der Waals surface area contributed by atoms with Gasteiger partial charge in [-0.3, -0.25) is 4.79 Å². The van der Waals surface area contributed by atoms with E-state index < -0.39 is 5.82 Å². The predicted molar refractivity (Wildman–Crippen MR) is 74.0 cm³/mol. The largest absolute Gasteiger partial charge is 0.399 e. The highest BCUT2D eigenvalue weighted by molar-refractivity contribution is 5.93. The summed E-state index contributed by atoms with van der Waals surface area (Å²) >= 11 is 0. The van der Waals surface area contributed by atoms with Crippen LogP contribution in [0, 0.1) is 5.82 Å². The summed E-state index contributed by atoms with van der Waals surface area (Å²) in [5.41, 5.74) is 13.1. The number of benzene rings is 2. The Morgan fingerprint density at radius 3 is 2.58 bits per heavy atom. The molecular weight excluding hydrogens is 245 g/mol. The van der Waals surface area contributed by atoms with Crippen LogP contribution in [-0.2, 0) is 11.2 Å². The van der Waals surface area contributed by atoms with Crippen molar-refractivity contribution in [3.8, 4) is 0 Å². The first-order valence-corrected chi connectivity index (χ1v) is 5.74. The van der Waals surface area contributed by atoms with E-state index in [0.29, 0.717) is 16.9 Å². The molecule has 0 fully saturated rings. The molecule has 5 N–H and O–H groups in total. The standard InChI is InChI=1S/C14H14FN3O/c15-11-3-1-2-4-13(11)18-14(19)7-9-5-6-10(16)8-12(9)17/h1-6,8H,7,16-17H2,(H,18,19). The van der Waals surface area contributed by atoms with E-state index in [1.165, 1.54) is 12.1 Å². The molecule has 4 nitrogen and oxygen atoms in total. The molecule has 98 valence electrons. The molecule has 19 heavy (non-hydrogen) atoms. The number of carbonyl (C=O) groups excluding carboxylic acids is 1. The van der Waals surface area contributed by atoms with E-state index >= 15 is 0 Å². The number of anilines is 3. The fourth-order valence-electron chi connectivity index (χ4n) is 1.70. The van der Waals surface area contributed by atoms with Gasteiger partial charge in [-0.1, -0.05) is 18.2 Å². The molecule has 0 bridgehead atoms. The van der Waals surface area contributed by atoms with Crippen molar-refractivity contribution >= 4 is 23.0 Å². The maximum Gasteiger partial charge on any atom is 0.228 e. The normalized spacial score (nSPS) is 10.2. The van der Waals surface area contributed by atoms with Gasteiger partial charge in [0.15, 0.2) is 0 Å². The molecule has 0 aliphatic heterocycles. The summed E-state index contributed by atoms with van der Waals surface area (Å²) in [6.45, 7) is 0. The first-order chi connectivity index (χ1) is 9.06. The van der Waals surface area contributed by atoms with E-state index in [1.54, 1.807) is 30.3 Å². The minimum atomic E-state index is -0.471. The molecule has 1 amide bonds. The number of nitrogens with one attached hydrogen (secondary N) is 1. The van der Waals surface area contributed by atoms with Gasteiger partial charge in [0.1, 0.15) is 5.82 Å². The van der Waals surface area contributed by atoms with E-state index in [-0.39, 0.29) is 18.0 Å². The number of carbonyl (C=O) groups is 1. The zero-order valence-corrected chi connectivity index (χ0v) is 10.2. The summed E-state index contributed by atoms with van der Waals surface area (Å²) in [5, 5.41) is 2.50. The van der Waals surface area contributed by atoms with Gasteiger partial charge in [0.05, 0.1) is 12.1 Å². The number of amides is 1. The first-order valence-electron chi connectivity index (χ1n) is 5.74. The number of halogens is 1. The minimum absolute atomic E-state index is 0.0699. The molecule has 0 radical (unpaired) electrons. The molecule has 0 spiro atoms. The lowest BCUT2D eigenvalue weighted by Crippen LogP contribution is -2.16. The van der Waals surface area contributed by atoms with E-state index in [4.69, 9.17) is 11.5 Å². The van der Waals surface area contributed by atoms with Crippen molar-refractivity contribution in [2.75, 3.05) is 16.8 Å². The molecule has 2 aromatic carbocycles. The Balaban J connectivity index is 2.08. The summed E-state index contributed by atoms with van der Waals surface area (Å²) in [6.07, 6.45) is 0.0699. The van der Waals surface area contributed by atoms with Crippen LogP contribution in [0.4, 0.5) is 21.5 Å². The summed E-state index contributed by atoms with van der Waals surface area (Å²) < 4.78 is 13.4. The van der Waals surface area contributed by atoms with Crippen LogP contribution in [0.1, 0.15) is 5.56 Å². The van der Waals surface area contributed by atoms with Crippen molar-refractivity contribution in [1.82, 2.24) is 0 Å². The molecule has 0 unspecified atom stereocenters. The molecule has 0 aliphatic carbocycles. The first kappa shape index (κ1) is 12.9. The van der Waals surface area contributed by atoms with Gasteiger partial charge in [0.2, 0.25) is 5.91 Å². The third-order valence-corrected chi connectivity index (χ3v) is 2.67. The smallest absolute Gasteiger partial charge is 0.228 e. The van der Waals surface area contributed by atoms with E-state index in [2.05, 4.69) is 5.32 Å². The summed E-state index contributed by atoms with van der Waals surface area (Å²) in [7, 11) is 0. The van der Waals surface area contributed by atoms with Crippen LogP contribution in [0.15, 0.2) is 42.5 Å². The van der Waals surface area contributed by atoms with Crippen LogP contribution in [0.25, 0.3) is 0 Å². The molecule has 5 heteroatoms. The van der Waals surface area contributed by atoms with Crippen molar-refractivity contribution in [3.63, 3.8) is 0 Å². The number of rotatable bonds is 3. The second-order valence-corrected chi connectivity index (χ2v) is 4.16. The number of hydrogen-bond acceptors (Lipinski definition) is 3. The maximum atomic E-state index is 13.4. The van der Waals surface area contributed by atoms with Gasteiger partial charge in [-0.15, -0.1) is 0 Å². The topological polar surface area (TPSA) is 81.1 Å². The van der Waals surface area contributed by atoms with Gasteiger partial charge in [-0.2, -0.15) is 0 Å². The van der Waals surface area contributed by atoms with Crippen LogP contribution < -0.4 is 16.8 Å². The third-order valence-electron chi connectivity index (χ3n) is 2.67. The van der Waals surface area contributed by atoms with Gasteiger partial charge in [-0.05, 0) is 29.8 Å². The highest BCUT2D eigenvalue weighted by atomic mass is 19.1. The van der Waals surface area contributed by atoms with Crippen LogP contribution in [0.5, 0.6) is 0 Å². The van der Waals surface area contributed by atoms with Crippen LogP contribution in [0.2, 0.25) is 0 Å². The second kappa shape index (κ2) is 5.39. The quantitative estimate of drug-likeness (QED) is 0.739. The lowest BCUT2D eigenvalue weighted by Gasteiger charge is -2.08. The number of para-hydroxylation sites is 1. The molecule has 0 heterocycles. The van der Waals surface area contributed by atoms with Gasteiger partial charge in [0, 0.05) is 11.4 Å². The van der Waals surface area contributed by atoms with E-state index in [0.717, 1.165) is 0 Å². The van der Waals surface area contributed by atoms with Crippen molar-refractivity contribution in [2.45, 2.75) is 6.42 Å². The molecule has 0 atom stereocenters. The Kier molecular flexibility index (Phi) is 3.66. The molecular formula is C14H14FN3O. The van der Waals surface area contributed by atoms with Crippen molar-refractivity contribution in [3.05, 3.63) is 53.8 Å². The summed E-state index contributed by atoms with van der Waals surface area (Å²) in [4.78, 5) is 11.8. The monoisotopic (exact) mass is 259 g/mol. The van der Waals surface area contributed by atoms with Crippen molar-refractivity contribution < 1.29 is 9.18 Å². The van der Waals surface area contributed by atoms with Gasteiger partial charge >= 0.3 is 0 Å². The number of nitrogens with two attached hydrogens (primary N) is 2. The number of nitrogen functional groups attached to an aromatic ring is 2. The summed E-state index contributed by atoms with van der Waals surface area (Å²) in [5.74, 6) is -0.803. The fourth-order valence-corrected chi connectivity index (χ4v) is 1.70. The second-order valence-electron chi connectivity index (χ2n) is 4.16. The highest BCUT2D eigenvalue weighted by Crippen LogP contribution is 2.18. The Bertz CT molecular complexity index is 613. The van der Waals surface area contributed by atoms with Gasteiger partial charge < -0.3 is 16.8 Å². The zero-order valence-electron chi connectivity index (χ0n) is 10.2. The molecule has 0 aliphatic rings. The maximum absolute atomic E-state index is 13.4. The average Bonchev–Trinajstić information content (AvgIpc) is 2.36. The SMILES string of the molecule is Nc1ccc(CC(=O)Nc2ccccc2F)c(N)c1. The van der Waals surface area contributed by atoms with Crippen molar-refractivity contribution in [2.24, 2.45) is 0 Å². The van der Waals surface area contributed by atoms with Gasteiger partial charge in [-0.25, -0.2) is 4.39 Å². The van der Waals surface area contributed by atoms with Crippen LogP contribution in [0.3, 0.4) is 0 Å². The molecule has 0 saturated heterocycles. The van der Waals surface area contributed by atoms with E-state index in [9.17, 15) is 9.18 Å². The molecule has 0 aromatic heterocycles. The highest BCUT2D eigenvalue weighted by Gasteiger charge is 2.09. The Labute approximate surface area is 110 Å².